The van der Waals surface area contributed by atoms with E-state index in [4.69, 9.17) is 0 Å². The zero-order valence-electron chi connectivity index (χ0n) is 11.4. The topological polar surface area (TPSA) is 47.2 Å². The summed E-state index contributed by atoms with van der Waals surface area (Å²) < 4.78 is 0.912. The average Bonchev–Trinajstić information content (AvgIpc) is 2.24. The summed E-state index contributed by atoms with van der Waals surface area (Å²) in [7, 11) is 0. The molecule has 3 heteroatoms. The van der Waals surface area contributed by atoms with Gasteiger partial charge < -0.3 is 10.3 Å². The highest BCUT2D eigenvalue weighted by molar-refractivity contribution is 5.07. The van der Waals surface area contributed by atoms with Crippen molar-refractivity contribution in [2.45, 2.75) is 46.6 Å². The van der Waals surface area contributed by atoms with Crippen molar-refractivity contribution < 1.29 is 9.84 Å². The number of nitrogens with zero attached hydrogens (tertiary/aromatic N) is 1. The largest absolute Gasteiger partial charge is 0.618 e. The fourth-order valence-corrected chi connectivity index (χ4v) is 2.16. The van der Waals surface area contributed by atoms with E-state index in [0.29, 0.717) is 17.8 Å². The molecule has 0 spiro atoms. The minimum atomic E-state index is -0.833. The van der Waals surface area contributed by atoms with Gasteiger partial charge in [-0.25, -0.2) is 0 Å². The molecule has 0 aromatic carbocycles. The molecule has 17 heavy (non-hydrogen) atoms. The molecule has 1 heterocycles. The monoisotopic (exact) mass is 237 g/mol. The molecule has 1 rings (SSSR count). The van der Waals surface area contributed by atoms with Crippen molar-refractivity contribution in [1.82, 2.24) is 0 Å². The SMILES string of the molecule is Cc1cccc(CC(O)(C(C)C)C(C)C)[n+]1[O-]. The van der Waals surface area contributed by atoms with Crippen LogP contribution < -0.4 is 4.73 Å². The lowest BCUT2D eigenvalue weighted by atomic mass is 9.77. The van der Waals surface area contributed by atoms with E-state index in [1.54, 1.807) is 19.1 Å². The van der Waals surface area contributed by atoms with E-state index in [0.717, 1.165) is 4.73 Å². The zero-order valence-corrected chi connectivity index (χ0v) is 11.4. The molecule has 0 aliphatic heterocycles. The molecule has 0 amide bonds. The lowest BCUT2D eigenvalue weighted by Crippen LogP contribution is -2.47. The quantitative estimate of drug-likeness (QED) is 0.644. The number of pyridine rings is 1. The van der Waals surface area contributed by atoms with Crippen LogP contribution in [0.2, 0.25) is 0 Å². The minimum Gasteiger partial charge on any atom is -0.618 e. The van der Waals surface area contributed by atoms with Crippen molar-refractivity contribution in [3.63, 3.8) is 0 Å². The van der Waals surface area contributed by atoms with Crippen LogP contribution in [0.1, 0.15) is 39.1 Å². The maximum absolute atomic E-state index is 11.9. The van der Waals surface area contributed by atoms with Gasteiger partial charge in [0.25, 0.3) is 0 Å². The summed E-state index contributed by atoms with van der Waals surface area (Å²) in [5, 5.41) is 22.6. The van der Waals surface area contributed by atoms with Gasteiger partial charge in [-0.1, -0.05) is 27.7 Å². The van der Waals surface area contributed by atoms with E-state index in [9.17, 15) is 10.3 Å². The van der Waals surface area contributed by atoms with E-state index < -0.39 is 5.60 Å². The van der Waals surface area contributed by atoms with Crippen molar-refractivity contribution in [3.8, 4) is 0 Å². The second-order valence-corrected chi connectivity index (χ2v) is 5.43. The van der Waals surface area contributed by atoms with Gasteiger partial charge in [-0.3, -0.25) is 0 Å². The molecule has 0 fully saturated rings. The van der Waals surface area contributed by atoms with E-state index >= 15 is 0 Å². The number of aromatic nitrogens is 1. The number of hydrogen-bond donors (Lipinski definition) is 1. The summed E-state index contributed by atoms with van der Waals surface area (Å²) in [4.78, 5) is 0. The van der Waals surface area contributed by atoms with Crippen LogP contribution in [0.15, 0.2) is 18.2 Å². The van der Waals surface area contributed by atoms with E-state index in [2.05, 4.69) is 0 Å². The van der Waals surface area contributed by atoms with Gasteiger partial charge in [-0.15, -0.1) is 0 Å². The Bertz CT molecular complexity index is 378. The van der Waals surface area contributed by atoms with Crippen LogP contribution in [0.25, 0.3) is 0 Å². The van der Waals surface area contributed by atoms with Gasteiger partial charge in [0.15, 0.2) is 11.4 Å². The molecule has 1 aromatic heterocycles. The predicted octanol–water partition coefficient (Wildman–Crippen LogP) is 2.21. The van der Waals surface area contributed by atoms with Crippen molar-refractivity contribution in [2.75, 3.05) is 0 Å². The molecule has 0 bridgehead atoms. The molecule has 1 N–H and O–H groups in total. The molecule has 0 atom stereocenters. The molecule has 96 valence electrons. The van der Waals surface area contributed by atoms with Crippen LogP contribution >= 0.6 is 0 Å². The normalized spacial score (nSPS) is 12.5. The number of hydrogen-bond acceptors (Lipinski definition) is 2. The second-order valence-electron chi connectivity index (χ2n) is 5.43. The zero-order chi connectivity index (χ0) is 13.2. The highest BCUT2D eigenvalue weighted by Crippen LogP contribution is 2.29. The molecular formula is C14H23NO2. The summed E-state index contributed by atoms with van der Waals surface area (Å²) in [6.07, 6.45) is 0.396. The summed E-state index contributed by atoms with van der Waals surface area (Å²) in [5.41, 5.74) is 0.465. The number of rotatable bonds is 4. The van der Waals surface area contributed by atoms with Gasteiger partial charge in [-0.2, -0.15) is 4.73 Å². The fourth-order valence-electron chi connectivity index (χ4n) is 2.16. The van der Waals surface area contributed by atoms with Crippen molar-refractivity contribution in [1.29, 1.82) is 0 Å². The molecule has 0 aliphatic rings. The number of aliphatic hydroxyl groups is 1. The molecule has 0 aliphatic carbocycles. The standard InChI is InChI=1S/C14H23NO2/c1-10(2)14(16,11(3)4)9-13-8-6-7-12(5)15(13)17/h6-8,10-11,16H,9H2,1-5H3. The Labute approximate surface area is 104 Å². The first kappa shape index (κ1) is 14.0. The predicted molar refractivity (Wildman–Crippen MR) is 68.5 cm³/mol. The van der Waals surface area contributed by atoms with Crippen molar-refractivity contribution in [2.24, 2.45) is 11.8 Å². The van der Waals surface area contributed by atoms with Gasteiger partial charge in [0.05, 0.1) is 12.0 Å². The molecule has 0 saturated carbocycles. The van der Waals surface area contributed by atoms with E-state index in [1.807, 2.05) is 33.8 Å². The van der Waals surface area contributed by atoms with Gasteiger partial charge >= 0.3 is 0 Å². The second kappa shape index (κ2) is 5.05. The molecular weight excluding hydrogens is 214 g/mol. The van der Waals surface area contributed by atoms with Crippen LogP contribution in [0, 0.1) is 24.0 Å². The number of aryl methyl sites for hydroxylation is 1. The minimum absolute atomic E-state index is 0.114. The van der Waals surface area contributed by atoms with Gasteiger partial charge in [0.1, 0.15) is 0 Å². The van der Waals surface area contributed by atoms with Gasteiger partial charge in [0.2, 0.25) is 0 Å². The lowest BCUT2D eigenvalue weighted by Gasteiger charge is -2.35. The van der Waals surface area contributed by atoms with Gasteiger partial charge in [0, 0.05) is 19.1 Å². The third kappa shape index (κ3) is 2.78. The summed E-state index contributed by atoms with van der Waals surface area (Å²) in [6.45, 7) is 9.74. The third-order valence-electron chi connectivity index (χ3n) is 3.67. The molecule has 3 nitrogen and oxygen atoms in total. The van der Waals surface area contributed by atoms with Crippen molar-refractivity contribution >= 4 is 0 Å². The highest BCUT2D eigenvalue weighted by Gasteiger charge is 2.37. The van der Waals surface area contributed by atoms with Crippen LogP contribution in [-0.2, 0) is 6.42 Å². The van der Waals surface area contributed by atoms with E-state index in [1.165, 1.54) is 0 Å². The Morgan fingerprint density at radius 3 is 2.24 bits per heavy atom. The average molecular weight is 237 g/mol. The summed E-state index contributed by atoms with van der Waals surface area (Å²) in [6, 6.07) is 5.43. The smallest absolute Gasteiger partial charge is 0.195 e. The Hall–Kier alpha value is -1.09. The van der Waals surface area contributed by atoms with Crippen molar-refractivity contribution in [3.05, 3.63) is 34.8 Å². The summed E-state index contributed by atoms with van der Waals surface area (Å²) in [5.74, 6) is 0.228. The molecule has 0 unspecified atom stereocenters. The molecule has 1 aromatic rings. The first-order valence-corrected chi connectivity index (χ1v) is 6.19. The molecule has 0 saturated heterocycles. The van der Waals surface area contributed by atoms with Crippen LogP contribution in [0.4, 0.5) is 0 Å². The third-order valence-corrected chi connectivity index (χ3v) is 3.67. The van der Waals surface area contributed by atoms with E-state index in [-0.39, 0.29) is 11.8 Å². The lowest BCUT2D eigenvalue weighted by molar-refractivity contribution is -0.621. The Morgan fingerprint density at radius 2 is 1.76 bits per heavy atom. The van der Waals surface area contributed by atoms with Gasteiger partial charge in [-0.05, 0) is 17.9 Å². The summed E-state index contributed by atoms with van der Waals surface area (Å²) >= 11 is 0. The Morgan fingerprint density at radius 1 is 1.24 bits per heavy atom. The van der Waals surface area contributed by atoms with Crippen LogP contribution in [-0.4, -0.2) is 10.7 Å². The fraction of sp³-hybridized carbons (Fsp3) is 0.643. The highest BCUT2D eigenvalue weighted by atomic mass is 16.5. The van der Waals surface area contributed by atoms with Crippen LogP contribution in [0.3, 0.4) is 0 Å². The first-order chi connectivity index (χ1) is 7.79. The maximum Gasteiger partial charge on any atom is 0.195 e. The first-order valence-electron chi connectivity index (χ1n) is 6.19. The Balaban J connectivity index is 3.07. The van der Waals surface area contributed by atoms with Crippen LogP contribution in [0.5, 0.6) is 0 Å². The Kier molecular flexibility index (Phi) is 4.15. The molecule has 0 radical (unpaired) electrons. The maximum atomic E-state index is 11.9.